The first-order chi connectivity index (χ1) is 6.29. The van der Waals surface area contributed by atoms with Gasteiger partial charge >= 0.3 is 5.97 Å². The van der Waals surface area contributed by atoms with Crippen molar-refractivity contribution >= 4 is 23.0 Å². The van der Waals surface area contributed by atoms with Gasteiger partial charge in [0.2, 0.25) is 5.71 Å². The second kappa shape index (κ2) is 4.56. The first-order valence-electron chi connectivity index (χ1n) is 3.57. The molecule has 0 radical (unpaired) electrons. The number of thiazole rings is 1. The zero-order valence-corrected chi connectivity index (χ0v) is 7.74. The molecule has 0 aromatic carbocycles. The first-order valence-corrected chi connectivity index (χ1v) is 4.51. The summed E-state index contributed by atoms with van der Waals surface area (Å²) >= 11 is 1.31. The van der Waals surface area contributed by atoms with Crippen molar-refractivity contribution in [2.45, 2.75) is 6.92 Å². The van der Waals surface area contributed by atoms with Crippen LogP contribution in [0, 0.1) is 0 Å². The van der Waals surface area contributed by atoms with E-state index >= 15 is 0 Å². The molecular weight excluding hydrogens is 192 g/mol. The maximum Gasteiger partial charge on any atom is 0.362 e. The average Bonchev–Trinajstić information content (AvgIpc) is 2.59. The number of aromatic nitrogens is 1. The van der Waals surface area contributed by atoms with Crippen LogP contribution in [-0.2, 0) is 9.53 Å². The fourth-order valence-corrected chi connectivity index (χ4v) is 1.26. The Bertz CT molecular complexity index is 308. The molecule has 1 heterocycles. The molecule has 70 valence electrons. The molecule has 1 aromatic heterocycles. The fraction of sp³-hybridized carbons (Fsp3) is 0.286. The molecule has 5 nitrogen and oxygen atoms in total. The third-order valence-electron chi connectivity index (χ3n) is 1.24. The van der Waals surface area contributed by atoms with Crippen LogP contribution >= 0.6 is 11.3 Å². The van der Waals surface area contributed by atoms with E-state index in [0.717, 1.165) is 0 Å². The van der Waals surface area contributed by atoms with Gasteiger partial charge < -0.3 is 9.94 Å². The molecule has 0 atom stereocenters. The first kappa shape index (κ1) is 9.66. The van der Waals surface area contributed by atoms with E-state index in [-0.39, 0.29) is 12.3 Å². The van der Waals surface area contributed by atoms with E-state index in [1.807, 2.05) is 0 Å². The van der Waals surface area contributed by atoms with Crippen LogP contribution in [-0.4, -0.2) is 28.5 Å². The van der Waals surface area contributed by atoms with E-state index in [9.17, 15) is 4.79 Å². The largest absolute Gasteiger partial charge is 0.461 e. The molecule has 0 aliphatic carbocycles. The molecule has 0 aliphatic rings. The van der Waals surface area contributed by atoms with E-state index in [4.69, 9.17) is 5.21 Å². The third-order valence-corrected chi connectivity index (χ3v) is 1.83. The van der Waals surface area contributed by atoms with Crippen LogP contribution in [0.4, 0.5) is 0 Å². The van der Waals surface area contributed by atoms with Crippen LogP contribution in [0.3, 0.4) is 0 Å². The van der Waals surface area contributed by atoms with E-state index in [1.54, 1.807) is 17.8 Å². The van der Waals surface area contributed by atoms with Gasteiger partial charge in [-0.05, 0) is 6.92 Å². The Balaban J connectivity index is 2.82. The van der Waals surface area contributed by atoms with E-state index in [0.29, 0.717) is 5.69 Å². The Hall–Kier alpha value is -1.43. The summed E-state index contributed by atoms with van der Waals surface area (Å²) in [6.07, 6.45) is 0. The molecule has 0 amide bonds. The second-order valence-corrected chi connectivity index (χ2v) is 2.76. The summed E-state index contributed by atoms with van der Waals surface area (Å²) in [6, 6.07) is 0. The molecular formula is C7H8N2O3S. The van der Waals surface area contributed by atoms with Crippen molar-refractivity contribution in [3.8, 4) is 0 Å². The van der Waals surface area contributed by atoms with Crippen molar-refractivity contribution in [1.29, 1.82) is 0 Å². The lowest BCUT2D eigenvalue weighted by Crippen LogP contribution is -2.19. The highest BCUT2D eigenvalue weighted by Gasteiger charge is 2.17. The number of carbonyl (C=O) groups excluding carboxylic acids is 1. The van der Waals surface area contributed by atoms with Crippen molar-refractivity contribution < 1.29 is 14.7 Å². The lowest BCUT2D eigenvalue weighted by Gasteiger charge is -1.99. The lowest BCUT2D eigenvalue weighted by atomic mass is 10.3. The van der Waals surface area contributed by atoms with Gasteiger partial charge in [-0.2, -0.15) is 0 Å². The van der Waals surface area contributed by atoms with Crippen molar-refractivity contribution in [2.75, 3.05) is 6.61 Å². The van der Waals surface area contributed by atoms with Crippen molar-refractivity contribution in [1.82, 2.24) is 4.98 Å². The minimum atomic E-state index is -0.670. The predicted octanol–water partition coefficient (Wildman–Crippen LogP) is 0.885. The topological polar surface area (TPSA) is 71.8 Å². The smallest absolute Gasteiger partial charge is 0.362 e. The molecule has 0 bridgehead atoms. The minimum Gasteiger partial charge on any atom is -0.461 e. The predicted molar refractivity (Wildman–Crippen MR) is 47.1 cm³/mol. The van der Waals surface area contributed by atoms with Gasteiger partial charge in [0.25, 0.3) is 0 Å². The van der Waals surface area contributed by atoms with Crippen molar-refractivity contribution in [3.05, 3.63) is 16.6 Å². The monoisotopic (exact) mass is 200 g/mol. The average molecular weight is 200 g/mol. The molecule has 0 saturated heterocycles. The van der Waals surface area contributed by atoms with E-state index in [2.05, 4.69) is 14.9 Å². The van der Waals surface area contributed by atoms with Crippen LogP contribution in [0.25, 0.3) is 0 Å². The second-order valence-electron chi connectivity index (χ2n) is 2.04. The van der Waals surface area contributed by atoms with E-state index < -0.39 is 5.97 Å². The Labute approximate surface area is 78.7 Å². The third kappa shape index (κ3) is 2.25. The molecule has 0 fully saturated rings. The highest BCUT2D eigenvalue weighted by molar-refractivity contribution is 7.07. The SMILES string of the molecule is CCOC(=O)/C(=N/O)c1cscn1. The summed E-state index contributed by atoms with van der Waals surface area (Å²) in [5.41, 5.74) is 1.70. The van der Waals surface area contributed by atoms with Crippen molar-refractivity contribution in [3.63, 3.8) is 0 Å². The standard InChI is InChI=1S/C7H8N2O3S/c1-2-12-7(10)6(9-11)5-3-13-4-8-5/h3-4,11H,2H2,1H3/b9-6+. The van der Waals surface area contributed by atoms with Gasteiger partial charge in [-0.15, -0.1) is 11.3 Å². The number of oxime groups is 1. The lowest BCUT2D eigenvalue weighted by molar-refractivity contribution is -0.135. The number of hydrogen-bond donors (Lipinski definition) is 1. The Morgan fingerprint density at radius 1 is 1.85 bits per heavy atom. The van der Waals surface area contributed by atoms with Gasteiger partial charge in [0.15, 0.2) is 0 Å². The summed E-state index contributed by atoms with van der Waals surface area (Å²) in [6.45, 7) is 1.91. The van der Waals surface area contributed by atoms with Crippen LogP contribution in [0.15, 0.2) is 16.0 Å². The normalized spacial score (nSPS) is 11.3. The Morgan fingerprint density at radius 3 is 3.08 bits per heavy atom. The van der Waals surface area contributed by atoms with Gasteiger partial charge in [-0.1, -0.05) is 5.16 Å². The highest BCUT2D eigenvalue weighted by atomic mass is 32.1. The molecule has 13 heavy (non-hydrogen) atoms. The molecule has 1 N–H and O–H groups in total. The summed E-state index contributed by atoms with van der Waals surface area (Å²) < 4.78 is 4.65. The molecule has 1 aromatic rings. The summed E-state index contributed by atoms with van der Waals surface area (Å²) in [5, 5.41) is 13.0. The van der Waals surface area contributed by atoms with Gasteiger partial charge in [-0.25, -0.2) is 9.78 Å². The fourth-order valence-electron chi connectivity index (χ4n) is 0.726. The maximum atomic E-state index is 11.1. The van der Waals surface area contributed by atoms with E-state index in [1.165, 1.54) is 11.3 Å². The zero-order chi connectivity index (χ0) is 9.68. The molecule has 6 heteroatoms. The maximum absolute atomic E-state index is 11.1. The molecule has 0 spiro atoms. The van der Waals surface area contributed by atoms with Crippen molar-refractivity contribution in [2.24, 2.45) is 5.16 Å². The van der Waals surface area contributed by atoms with Gasteiger partial charge in [0, 0.05) is 5.38 Å². The van der Waals surface area contributed by atoms with Gasteiger partial charge in [-0.3, -0.25) is 0 Å². The minimum absolute atomic E-state index is 0.164. The van der Waals surface area contributed by atoms with Crippen LogP contribution in [0.1, 0.15) is 12.6 Å². The number of ether oxygens (including phenoxy) is 1. The number of nitrogens with zero attached hydrogens (tertiary/aromatic N) is 2. The molecule has 1 rings (SSSR count). The number of rotatable bonds is 3. The highest BCUT2D eigenvalue weighted by Crippen LogP contribution is 2.04. The Morgan fingerprint density at radius 2 is 2.62 bits per heavy atom. The molecule has 0 saturated carbocycles. The van der Waals surface area contributed by atoms with Crippen LogP contribution in [0.2, 0.25) is 0 Å². The summed E-state index contributed by atoms with van der Waals surface area (Å²) in [5.74, 6) is -0.670. The molecule has 0 unspecified atom stereocenters. The Kier molecular flexibility index (Phi) is 3.39. The van der Waals surface area contributed by atoms with Gasteiger partial charge in [0.1, 0.15) is 5.69 Å². The molecule has 0 aliphatic heterocycles. The zero-order valence-electron chi connectivity index (χ0n) is 6.93. The van der Waals surface area contributed by atoms with Crippen LogP contribution < -0.4 is 0 Å². The quantitative estimate of drug-likeness (QED) is 0.340. The van der Waals surface area contributed by atoms with Crippen LogP contribution in [0.5, 0.6) is 0 Å². The number of esters is 1. The number of hydrogen-bond acceptors (Lipinski definition) is 6. The summed E-state index contributed by atoms with van der Waals surface area (Å²) in [7, 11) is 0. The van der Waals surface area contributed by atoms with Gasteiger partial charge in [0.05, 0.1) is 12.1 Å². The number of carbonyl (C=O) groups is 1. The summed E-state index contributed by atoms with van der Waals surface area (Å²) in [4.78, 5) is 14.9.